The van der Waals surface area contributed by atoms with Crippen molar-refractivity contribution in [2.75, 3.05) is 0 Å². The zero-order chi connectivity index (χ0) is 17.6. The van der Waals surface area contributed by atoms with E-state index in [9.17, 15) is 34.9 Å². The summed E-state index contributed by atoms with van der Waals surface area (Å²) in [5.74, 6) is -5.94. The molecule has 124 valence electrons. The summed E-state index contributed by atoms with van der Waals surface area (Å²) in [7, 11) is 0. The van der Waals surface area contributed by atoms with Crippen LogP contribution in [0.2, 0.25) is 0 Å². The first-order valence-electron chi connectivity index (χ1n) is 6.80. The number of nitrogens with zero attached hydrogens (tertiary/aromatic N) is 2. The average molecular weight is 332 g/mol. The van der Waals surface area contributed by atoms with Gasteiger partial charge in [0.15, 0.2) is 17.4 Å². The summed E-state index contributed by atoms with van der Waals surface area (Å²) >= 11 is 0. The van der Waals surface area contributed by atoms with E-state index in [1.165, 1.54) is 24.3 Å². The van der Waals surface area contributed by atoms with Crippen LogP contribution in [-0.2, 0) is 15.1 Å². The molecule has 4 N–H and O–H groups in total. The third kappa shape index (κ3) is 1.88. The number of ketones is 1. The molecule has 0 bridgehead atoms. The third-order valence-electron chi connectivity index (χ3n) is 3.92. The van der Waals surface area contributed by atoms with Crippen molar-refractivity contribution in [3.05, 3.63) is 42.0 Å². The number of amides is 2. The molecular weight excluding hydrogens is 320 g/mol. The monoisotopic (exact) mass is 332 g/mol. The Morgan fingerprint density at radius 2 is 1.71 bits per heavy atom. The first-order valence-corrected chi connectivity index (χ1v) is 6.80. The van der Waals surface area contributed by atoms with Gasteiger partial charge in [-0.2, -0.15) is 5.06 Å². The van der Waals surface area contributed by atoms with Gasteiger partial charge in [-0.05, 0) is 0 Å². The molecule has 9 nitrogen and oxygen atoms in total. The van der Waals surface area contributed by atoms with Crippen LogP contribution in [-0.4, -0.2) is 47.8 Å². The van der Waals surface area contributed by atoms with Gasteiger partial charge >= 0.3 is 0 Å². The number of Topliss-reactive ketones (excluding diaryl/α,β-unsaturated/α-hetero) is 1. The Balaban J connectivity index is 2.30. The molecule has 1 unspecified atom stereocenters. The number of carbonyl (C=O) groups excluding carboxylic acids is 3. The number of hydrogen-bond acceptors (Lipinski definition) is 7. The first-order chi connectivity index (χ1) is 11.3. The Labute approximate surface area is 134 Å². The van der Waals surface area contributed by atoms with Crippen molar-refractivity contribution in [1.29, 1.82) is 0 Å². The molecule has 0 spiro atoms. The number of imide groups is 1. The van der Waals surface area contributed by atoms with E-state index in [0.717, 1.165) is 0 Å². The van der Waals surface area contributed by atoms with Crippen LogP contribution >= 0.6 is 0 Å². The number of aromatic hydroxyl groups is 3. The largest absolute Gasteiger partial charge is 0.503 e. The molecular formula is C15H12N2O7. The van der Waals surface area contributed by atoms with E-state index in [2.05, 4.69) is 0 Å². The summed E-state index contributed by atoms with van der Waals surface area (Å²) in [6.45, 7) is 0. The Hall–Kier alpha value is -3.33. The van der Waals surface area contributed by atoms with Gasteiger partial charge in [0, 0.05) is 11.6 Å². The van der Waals surface area contributed by atoms with E-state index in [1.807, 2.05) is 0 Å². The molecule has 3 rings (SSSR count). The minimum Gasteiger partial charge on any atom is -0.503 e. The maximum atomic E-state index is 12.9. The lowest BCUT2D eigenvalue weighted by atomic mass is 9.87. The first kappa shape index (κ1) is 15.6. The molecule has 0 radical (unpaired) electrons. The van der Waals surface area contributed by atoms with Gasteiger partial charge in [0.1, 0.15) is 0 Å². The topological polar surface area (TPSA) is 140 Å². The molecule has 2 amide bonds. The smallest absolute Gasteiger partial charge is 0.288 e. The Bertz CT molecular complexity index is 858. The van der Waals surface area contributed by atoms with E-state index in [4.69, 9.17) is 0 Å². The molecule has 1 aliphatic rings. The quantitative estimate of drug-likeness (QED) is 0.275. The molecule has 24 heavy (non-hydrogen) atoms. The molecule has 1 fully saturated rings. The molecule has 0 aliphatic carbocycles. The van der Waals surface area contributed by atoms with Crippen molar-refractivity contribution in [2.24, 2.45) is 0 Å². The van der Waals surface area contributed by atoms with Crippen LogP contribution < -0.4 is 0 Å². The highest BCUT2D eigenvalue weighted by molar-refractivity contribution is 6.23. The number of hydrogen-bond donors (Lipinski definition) is 4. The standard InChI is InChI=1S/C15H12N2O7/c18-9-6-10(19)16(13(9)22)15(7-11(20)17(24)14(15)23)12(21)8-4-2-1-3-5-8/h1-6,18-19,22,24H,7H2. The molecule has 1 aromatic heterocycles. The van der Waals surface area contributed by atoms with E-state index < -0.39 is 47.1 Å². The van der Waals surface area contributed by atoms with Crippen molar-refractivity contribution in [1.82, 2.24) is 9.63 Å². The zero-order valence-electron chi connectivity index (χ0n) is 12.1. The second-order valence-corrected chi connectivity index (χ2v) is 5.29. The van der Waals surface area contributed by atoms with Crippen molar-refractivity contribution < 1.29 is 34.9 Å². The highest BCUT2D eigenvalue weighted by atomic mass is 16.5. The molecule has 9 heteroatoms. The Kier molecular flexibility index (Phi) is 3.31. The third-order valence-corrected chi connectivity index (χ3v) is 3.92. The van der Waals surface area contributed by atoms with Gasteiger partial charge in [0.05, 0.1) is 6.42 Å². The molecule has 0 saturated carbocycles. The number of carbonyl (C=O) groups is 3. The number of hydroxylamine groups is 2. The number of rotatable bonds is 3. The second kappa shape index (κ2) is 5.10. The van der Waals surface area contributed by atoms with Crippen molar-refractivity contribution in [3.63, 3.8) is 0 Å². The van der Waals surface area contributed by atoms with Gasteiger partial charge in [-0.3, -0.25) is 24.2 Å². The lowest BCUT2D eigenvalue weighted by Crippen LogP contribution is -2.48. The van der Waals surface area contributed by atoms with Crippen LogP contribution in [0, 0.1) is 0 Å². The molecule has 1 atom stereocenters. The lowest BCUT2D eigenvalue weighted by molar-refractivity contribution is -0.173. The summed E-state index contributed by atoms with van der Waals surface area (Å²) in [4.78, 5) is 37.2. The van der Waals surface area contributed by atoms with E-state index in [-0.39, 0.29) is 10.6 Å². The second-order valence-electron chi connectivity index (χ2n) is 5.29. The van der Waals surface area contributed by atoms with E-state index in [0.29, 0.717) is 10.6 Å². The lowest BCUT2D eigenvalue weighted by Gasteiger charge is -2.27. The van der Waals surface area contributed by atoms with Gasteiger partial charge in [-0.15, -0.1) is 0 Å². The van der Waals surface area contributed by atoms with Crippen LogP contribution in [0.5, 0.6) is 17.5 Å². The summed E-state index contributed by atoms with van der Waals surface area (Å²) in [6, 6.07) is 8.13. The van der Waals surface area contributed by atoms with Gasteiger partial charge in [0.25, 0.3) is 11.8 Å². The molecule has 1 aliphatic heterocycles. The fourth-order valence-electron chi connectivity index (χ4n) is 2.79. The van der Waals surface area contributed by atoms with E-state index in [1.54, 1.807) is 6.07 Å². The highest BCUT2D eigenvalue weighted by Crippen LogP contribution is 2.44. The van der Waals surface area contributed by atoms with Gasteiger partial charge in [-0.25, -0.2) is 0 Å². The summed E-state index contributed by atoms with van der Waals surface area (Å²) < 4.78 is 0.439. The zero-order valence-corrected chi connectivity index (χ0v) is 12.1. The summed E-state index contributed by atoms with van der Waals surface area (Å²) in [6.07, 6.45) is -0.828. The minimum absolute atomic E-state index is 0.0148. The summed E-state index contributed by atoms with van der Waals surface area (Å²) in [5.41, 5.74) is -2.43. The molecule has 2 heterocycles. The Morgan fingerprint density at radius 3 is 2.17 bits per heavy atom. The van der Waals surface area contributed by atoms with Crippen molar-refractivity contribution in [3.8, 4) is 17.5 Å². The van der Waals surface area contributed by atoms with Crippen LogP contribution in [0.25, 0.3) is 0 Å². The normalized spacial score (nSPS) is 20.6. The maximum absolute atomic E-state index is 12.9. The Morgan fingerprint density at radius 1 is 1.08 bits per heavy atom. The SMILES string of the molecule is O=C1CC(C(=O)c2ccccc2)(n2c(O)cc(O)c2O)C(=O)N1O. The number of benzene rings is 1. The van der Waals surface area contributed by atoms with Crippen LogP contribution in [0.15, 0.2) is 36.4 Å². The number of aromatic nitrogens is 1. The van der Waals surface area contributed by atoms with Gasteiger partial charge < -0.3 is 15.3 Å². The fraction of sp³-hybridized carbons (Fsp3) is 0.133. The van der Waals surface area contributed by atoms with Gasteiger partial charge in [-0.1, -0.05) is 30.3 Å². The fourth-order valence-corrected chi connectivity index (χ4v) is 2.79. The predicted octanol–water partition coefficient (Wildman–Crippen LogP) is 0.331. The van der Waals surface area contributed by atoms with Crippen molar-refractivity contribution >= 4 is 17.6 Å². The van der Waals surface area contributed by atoms with E-state index >= 15 is 0 Å². The predicted molar refractivity (Wildman–Crippen MR) is 76.4 cm³/mol. The molecule has 1 saturated heterocycles. The van der Waals surface area contributed by atoms with Crippen LogP contribution in [0.3, 0.4) is 0 Å². The maximum Gasteiger partial charge on any atom is 0.288 e. The van der Waals surface area contributed by atoms with Crippen molar-refractivity contribution in [2.45, 2.75) is 12.0 Å². The van der Waals surface area contributed by atoms with Crippen LogP contribution in [0.4, 0.5) is 0 Å². The highest BCUT2D eigenvalue weighted by Gasteiger charge is 2.60. The van der Waals surface area contributed by atoms with Crippen LogP contribution in [0.1, 0.15) is 16.8 Å². The summed E-state index contributed by atoms with van der Waals surface area (Å²) in [5, 5.41) is 38.8. The average Bonchev–Trinajstić information content (AvgIpc) is 2.95. The molecule has 2 aromatic rings. The molecule has 1 aromatic carbocycles. The minimum atomic E-state index is -2.44. The van der Waals surface area contributed by atoms with Gasteiger partial charge in [0.2, 0.25) is 11.4 Å².